The minimum atomic E-state index is -1.38. The summed E-state index contributed by atoms with van der Waals surface area (Å²) in [6.45, 7) is -0.296. The molecule has 1 fully saturated rings. The van der Waals surface area contributed by atoms with Crippen molar-refractivity contribution in [2.45, 2.75) is 24.0 Å². The first-order valence-corrected chi connectivity index (χ1v) is 6.46. The number of likely N-dealkylation sites (N-methyl/N-ethyl adjacent to an activating group) is 1. The summed E-state index contributed by atoms with van der Waals surface area (Å²) in [5.41, 5.74) is -2.61. The average Bonchev–Trinajstić information content (AvgIpc) is 2.71. The maximum Gasteiger partial charge on any atom is 0.330 e. The Kier molecular flexibility index (Phi) is 4.59. The minimum absolute atomic E-state index is 0.130. The number of rotatable bonds is 5. The molecule has 4 atom stereocenters. The minimum Gasteiger partial charge on any atom is -0.394 e. The summed E-state index contributed by atoms with van der Waals surface area (Å²) >= 11 is 0. The van der Waals surface area contributed by atoms with Crippen molar-refractivity contribution in [1.82, 2.24) is 14.9 Å². The van der Waals surface area contributed by atoms with E-state index in [1.54, 1.807) is 7.05 Å². The van der Waals surface area contributed by atoms with Crippen molar-refractivity contribution in [3.05, 3.63) is 33.1 Å². The summed E-state index contributed by atoms with van der Waals surface area (Å²) in [4.78, 5) is 25.4. The number of aromatic amines is 1. The van der Waals surface area contributed by atoms with E-state index in [9.17, 15) is 19.8 Å². The van der Waals surface area contributed by atoms with Crippen LogP contribution in [0, 0.1) is 0 Å². The lowest BCUT2D eigenvalue weighted by molar-refractivity contribution is -0.154. The number of H-pyrrole nitrogens is 1. The van der Waals surface area contributed by atoms with Gasteiger partial charge in [-0.3, -0.25) is 14.3 Å². The van der Waals surface area contributed by atoms with Crippen LogP contribution in [0.25, 0.3) is 0 Å². The molecule has 9 heteroatoms. The van der Waals surface area contributed by atoms with Crippen LogP contribution >= 0.6 is 0 Å². The van der Waals surface area contributed by atoms with Gasteiger partial charge in [-0.2, -0.15) is 0 Å². The van der Waals surface area contributed by atoms with Crippen LogP contribution in [0.3, 0.4) is 0 Å². The molecule has 1 aromatic heterocycles. The maximum absolute atomic E-state index is 12.1. The smallest absolute Gasteiger partial charge is 0.330 e. The van der Waals surface area contributed by atoms with Gasteiger partial charge in [-0.25, -0.2) is 4.79 Å². The molecule has 0 saturated carbocycles. The molecule has 4 N–H and O–H groups in total. The second-order valence-corrected chi connectivity index (χ2v) is 4.84. The Morgan fingerprint density at radius 3 is 2.81 bits per heavy atom. The first kappa shape index (κ1) is 15.9. The second-order valence-electron chi connectivity index (χ2n) is 4.84. The number of ether oxygens (including phenoxy) is 2. The number of aliphatic hydroxyl groups excluding tert-OH is 2. The van der Waals surface area contributed by atoms with Crippen molar-refractivity contribution in [2.75, 3.05) is 27.3 Å². The molecular formula is C12H19N3O6. The van der Waals surface area contributed by atoms with Crippen molar-refractivity contribution in [1.29, 1.82) is 0 Å². The SMILES string of the molecule is CNC[C@@]1(n2ccc(=O)[nH]c2=O)O[C@H](CO)[C@@H](O)[C@H]1OC. The standard InChI is InChI=1S/C12H19N3O6/c1-13-6-12(15-4-3-8(17)14-11(15)19)10(20-2)9(18)7(5-16)21-12/h3-4,7,9-10,13,16,18H,5-6H2,1-2H3,(H,14,17,19)/t7-,9-,10-,12-/m1/s1. The Morgan fingerprint density at radius 2 is 2.29 bits per heavy atom. The van der Waals surface area contributed by atoms with Crippen LogP contribution in [-0.2, 0) is 15.2 Å². The molecule has 1 aliphatic rings. The van der Waals surface area contributed by atoms with Gasteiger partial charge in [-0.15, -0.1) is 0 Å². The lowest BCUT2D eigenvalue weighted by Crippen LogP contribution is -2.56. The predicted octanol–water partition coefficient (Wildman–Crippen LogP) is -2.82. The molecule has 1 aromatic rings. The van der Waals surface area contributed by atoms with E-state index >= 15 is 0 Å². The predicted molar refractivity (Wildman–Crippen MR) is 72.0 cm³/mol. The van der Waals surface area contributed by atoms with Crippen LogP contribution in [0.4, 0.5) is 0 Å². The molecule has 1 saturated heterocycles. The number of aromatic nitrogens is 2. The van der Waals surface area contributed by atoms with Crippen LogP contribution in [0.2, 0.25) is 0 Å². The third-order valence-corrected chi connectivity index (χ3v) is 3.59. The van der Waals surface area contributed by atoms with Crippen molar-refractivity contribution in [3.63, 3.8) is 0 Å². The van der Waals surface area contributed by atoms with Crippen LogP contribution in [0.1, 0.15) is 0 Å². The van der Waals surface area contributed by atoms with Crippen LogP contribution in [0.15, 0.2) is 21.9 Å². The van der Waals surface area contributed by atoms with E-state index in [2.05, 4.69) is 10.3 Å². The molecule has 2 heterocycles. The average molecular weight is 301 g/mol. The van der Waals surface area contributed by atoms with E-state index in [0.29, 0.717) is 0 Å². The van der Waals surface area contributed by atoms with E-state index < -0.39 is 41.9 Å². The molecule has 0 unspecified atom stereocenters. The molecule has 9 nitrogen and oxygen atoms in total. The zero-order valence-corrected chi connectivity index (χ0v) is 11.8. The Hall–Kier alpha value is -1.52. The van der Waals surface area contributed by atoms with E-state index in [1.807, 2.05) is 0 Å². The summed E-state index contributed by atoms with van der Waals surface area (Å²) in [5.74, 6) is 0. The normalized spacial score (nSPS) is 32.5. The fourth-order valence-corrected chi connectivity index (χ4v) is 2.72. The van der Waals surface area contributed by atoms with E-state index in [4.69, 9.17) is 9.47 Å². The van der Waals surface area contributed by atoms with E-state index in [0.717, 1.165) is 4.57 Å². The van der Waals surface area contributed by atoms with Gasteiger partial charge >= 0.3 is 5.69 Å². The maximum atomic E-state index is 12.1. The first-order valence-electron chi connectivity index (χ1n) is 6.46. The Morgan fingerprint density at radius 1 is 1.57 bits per heavy atom. The number of aliphatic hydroxyl groups is 2. The van der Waals surface area contributed by atoms with Gasteiger partial charge in [0.15, 0.2) is 5.72 Å². The largest absolute Gasteiger partial charge is 0.394 e. The lowest BCUT2D eigenvalue weighted by atomic mass is 10.0. The molecule has 2 rings (SSSR count). The topological polar surface area (TPSA) is 126 Å². The van der Waals surface area contributed by atoms with Gasteiger partial charge in [0.2, 0.25) is 0 Å². The van der Waals surface area contributed by atoms with Gasteiger partial charge in [0.1, 0.15) is 18.3 Å². The quantitative estimate of drug-likeness (QED) is 0.462. The molecule has 21 heavy (non-hydrogen) atoms. The number of methoxy groups -OCH3 is 1. The molecular weight excluding hydrogens is 282 g/mol. The fraction of sp³-hybridized carbons (Fsp3) is 0.667. The zero-order valence-electron chi connectivity index (χ0n) is 11.8. The molecule has 0 aliphatic carbocycles. The van der Waals surface area contributed by atoms with E-state index in [1.165, 1.54) is 19.4 Å². The third kappa shape index (κ3) is 2.54. The number of nitrogens with zero attached hydrogens (tertiary/aromatic N) is 1. The number of nitrogens with one attached hydrogen (secondary N) is 2. The van der Waals surface area contributed by atoms with Crippen LogP contribution in [0.5, 0.6) is 0 Å². The zero-order chi connectivity index (χ0) is 15.6. The molecule has 0 radical (unpaired) electrons. The number of hydrogen-bond donors (Lipinski definition) is 4. The summed E-state index contributed by atoms with van der Waals surface area (Å²) in [7, 11) is 3.02. The van der Waals surface area contributed by atoms with Crippen molar-refractivity contribution in [3.8, 4) is 0 Å². The summed E-state index contributed by atoms with van der Waals surface area (Å²) in [6.07, 6.45) is -1.64. The van der Waals surface area contributed by atoms with E-state index in [-0.39, 0.29) is 6.54 Å². The van der Waals surface area contributed by atoms with Gasteiger partial charge < -0.3 is 25.0 Å². The molecule has 0 aromatic carbocycles. The third-order valence-electron chi connectivity index (χ3n) is 3.59. The molecule has 118 valence electrons. The van der Waals surface area contributed by atoms with Crippen LogP contribution in [-0.4, -0.2) is 65.4 Å². The van der Waals surface area contributed by atoms with Gasteiger partial charge in [-0.1, -0.05) is 0 Å². The Balaban J connectivity index is 2.59. The van der Waals surface area contributed by atoms with Crippen LogP contribution < -0.4 is 16.6 Å². The van der Waals surface area contributed by atoms with Gasteiger partial charge in [0.25, 0.3) is 5.56 Å². The molecule has 0 spiro atoms. The summed E-state index contributed by atoms with van der Waals surface area (Å²) < 4.78 is 12.2. The molecule has 0 amide bonds. The highest BCUT2D eigenvalue weighted by atomic mass is 16.6. The summed E-state index contributed by atoms with van der Waals surface area (Å²) in [5, 5.41) is 22.4. The highest BCUT2D eigenvalue weighted by molar-refractivity contribution is 5.03. The van der Waals surface area contributed by atoms with Crippen molar-refractivity contribution in [2.24, 2.45) is 0 Å². The van der Waals surface area contributed by atoms with Gasteiger partial charge in [-0.05, 0) is 7.05 Å². The van der Waals surface area contributed by atoms with Crippen molar-refractivity contribution < 1.29 is 19.7 Å². The van der Waals surface area contributed by atoms with Crippen molar-refractivity contribution >= 4 is 0 Å². The highest BCUT2D eigenvalue weighted by Crippen LogP contribution is 2.36. The number of hydrogen-bond acceptors (Lipinski definition) is 7. The molecule has 1 aliphatic heterocycles. The van der Waals surface area contributed by atoms with Gasteiger partial charge in [0, 0.05) is 25.9 Å². The molecule has 0 bridgehead atoms. The monoisotopic (exact) mass is 301 g/mol. The second kappa shape index (κ2) is 6.08. The highest BCUT2D eigenvalue weighted by Gasteiger charge is 2.56. The lowest BCUT2D eigenvalue weighted by Gasteiger charge is -2.35. The fourth-order valence-electron chi connectivity index (χ4n) is 2.72. The summed E-state index contributed by atoms with van der Waals surface area (Å²) in [6, 6.07) is 1.17. The Labute approximate surface area is 120 Å². The van der Waals surface area contributed by atoms with Gasteiger partial charge in [0.05, 0.1) is 6.61 Å². The first-order chi connectivity index (χ1) is 10.00. The Bertz CT molecular complexity index is 599.